The number of amides is 2. The number of aryl methyl sites for hydroxylation is 2. The van der Waals surface area contributed by atoms with Gasteiger partial charge in [0.2, 0.25) is 0 Å². The molecule has 2 aromatic carbocycles. The van der Waals surface area contributed by atoms with E-state index in [-0.39, 0.29) is 12.8 Å². The Morgan fingerprint density at radius 3 is 2.38 bits per heavy atom. The van der Waals surface area contributed by atoms with Crippen LogP contribution in [0.3, 0.4) is 0 Å². The van der Waals surface area contributed by atoms with Crippen LogP contribution in [-0.4, -0.2) is 12.8 Å². The number of ether oxygens (including phenoxy) is 1. The lowest BCUT2D eigenvalue weighted by molar-refractivity contribution is 0.234. The maximum atomic E-state index is 11.7. The Kier molecular flexibility index (Phi) is 4.82. The van der Waals surface area contributed by atoms with Crippen molar-refractivity contribution in [2.75, 3.05) is 12.0 Å². The molecule has 0 radical (unpaired) electrons. The van der Waals surface area contributed by atoms with Gasteiger partial charge in [0.15, 0.2) is 6.73 Å². The maximum Gasteiger partial charge on any atom is 0.321 e. The summed E-state index contributed by atoms with van der Waals surface area (Å²) in [5.41, 5.74) is 4.07. The lowest BCUT2D eigenvalue weighted by Gasteiger charge is -2.14. The number of urea groups is 1. The molecular weight excluding hydrogens is 264 g/mol. The predicted molar refractivity (Wildman–Crippen MR) is 84.7 cm³/mol. The van der Waals surface area contributed by atoms with Crippen molar-refractivity contribution in [3.8, 4) is 5.75 Å². The Labute approximate surface area is 125 Å². The molecule has 0 saturated heterocycles. The third-order valence-electron chi connectivity index (χ3n) is 3.35. The molecule has 2 rings (SSSR count). The fraction of sp³-hybridized carbons (Fsp3) is 0.235. The lowest BCUT2D eigenvalue weighted by Crippen LogP contribution is -2.32. The highest BCUT2D eigenvalue weighted by Crippen LogP contribution is 2.25. The second-order valence-corrected chi connectivity index (χ2v) is 4.94. The molecule has 0 fully saturated rings. The third-order valence-corrected chi connectivity index (χ3v) is 3.35. The molecule has 2 amide bonds. The molecule has 0 atom stereocenters. The first-order valence-electron chi connectivity index (χ1n) is 6.87. The van der Waals surface area contributed by atoms with Crippen molar-refractivity contribution in [3.05, 3.63) is 59.2 Å². The van der Waals surface area contributed by atoms with Gasteiger partial charge in [-0.2, -0.15) is 0 Å². The van der Waals surface area contributed by atoms with E-state index in [1.807, 2.05) is 57.2 Å². The van der Waals surface area contributed by atoms with Crippen molar-refractivity contribution in [1.82, 2.24) is 5.32 Å². The van der Waals surface area contributed by atoms with E-state index < -0.39 is 0 Å². The highest BCUT2D eigenvalue weighted by Gasteiger charge is 2.07. The number of carbonyl (C=O) groups is 1. The topological polar surface area (TPSA) is 50.4 Å². The van der Waals surface area contributed by atoms with Gasteiger partial charge < -0.3 is 15.4 Å². The first-order valence-corrected chi connectivity index (χ1v) is 6.87. The zero-order valence-electron chi connectivity index (χ0n) is 12.6. The average molecular weight is 284 g/mol. The lowest BCUT2D eigenvalue weighted by atomic mass is 10.1. The maximum absolute atomic E-state index is 11.7. The van der Waals surface area contributed by atoms with E-state index in [0.29, 0.717) is 0 Å². The molecule has 110 valence electrons. The highest BCUT2D eigenvalue weighted by atomic mass is 16.5. The van der Waals surface area contributed by atoms with Gasteiger partial charge in [0.1, 0.15) is 5.75 Å². The van der Waals surface area contributed by atoms with Crippen LogP contribution in [0, 0.1) is 20.8 Å². The Morgan fingerprint density at radius 2 is 1.67 bits per heavy atom. The van der Waals surface area contributed by atoms with Crippen molar-refractivity contribution < 1.29 is 9.53 Å². The van der Waals surface area contributed by atoms with Gasteiger partial charge in [-0.25, -0.2) is 4.79 Å². The Morgan fingerprint density at radius 1 is 1.00 bits per heavy atom. The van der Waals surface area contributed by atoms with Crippen LogP contribution in [0.5, 0.6) is 5.75 Å². The second-order valence-electron chi connectivity index (χ2n) is 4.94. The minimum Gasteiger partial charge on any atom is -0.473 e. The van der Waals surface area contributed by atoms with Crippen LogP contribution in [0.25, 0.3) is 0 Å². The molecule has 2 N–H and O–H groups in total. The first-order chi connectivity index (χ1) is 10.1. The molecule has 0 bridgehead atoms. The normalized spacial score (nSPS) is 10.0. The Bertz CT molecular complexity index is 624. The summed E-state index contributed by atoms with van der Waals surface area (Å²) >= 11 is 0. The average Bonchev–Trinajstić information content (AvgIpc) is 2.48. The van der Waals surface area contributed by atoms with Gasteiger partial charge in [0.05, 0.1) is 0 Å². The van der Waals surface area contributed by atoms with Gasteiger partial charge in [-0.3, -0.25) is 0 Å². The SMILES string of the molecule is Cc1ccc(C)c(OCNC(=O)Nc2ccccc2)c1C. The fourth-order valence-corrected chi connectivity index (χ4v) is 2.02. The monoisotopic (exact) mass is 284 g/mol. The van der Waals surface area contributed by atoms with Crippen LogP contribution in [0.15, 0.2) is 42.5 Å². The first kappa shape index (κ1) is 14.9. The van der Waals surface area contributed by atoms with Crippen LogP contribution < -0.4 is 15.4 Å². The number of nitrogens with one attached hydrogen (secondary N) is 2. The van der Waals surface area contributed by atoms with Gasteiger partial charge >= 0.3 is 6.03 Å². The molecule has 21 heavy (non-hydrogen) atoms. The number of anilines is 1. The quantitative estimate of drug-likeness (QED) is 0.840. The molecule has 0 saturated carbocycles. The van der Waals surface area contributed by atoms with Crippen LogP contribution >= 0.6 is 0 Å². The summed E-state index contributed by atoms with van der Waals surface area (Å²) in [6.45, 7) is 6.18. The minimum absolute atomic E-state index is 0.129. The number of para-hydroxylation sites is 1. The molecule has 0 aliphatic carbocycles. The minimum atomic E-state index is -0.288. The summed E-state index contributed by atoms with van der Waals surface area (Å²) in [4.78, 5) is 11.7. The number of benzene rings is 2. The van der Waals surface area contributed by atoms with Crippen LogP contribution in [-0.2, 0) is 0 Å². The molecule has 0 aliphatic heterocycles. The summed E-state index contributed by atoms with van der Waals surface area (Å²) in [6, 6.07) is 13.1. The van der Waals surface area contributed by atoms with E-state index in [1.54, 1.807) is 0 Å². The number of hydrogen-bond donors (Lipinski definition) is 2. The number of hydrogen-bond acceptors (Lipinski definition) is 2. The molecule has 4 nitrogen and oxygen atoms in total. The van der Waals surface area contributed by atoms with E-state index in [1.165, 1.54) is 5.56 Å². The molecule has 2 aromatic rings. The molecule has 0 spiro atoms. The molecule has 0 unspecified atom stereocenters. The van der Waals surface area contributed by atoms with Crippen LogP contribution in [0.1, 0.15) is 16.7 Å². The zero-order valence-corrected chi connectivity index (χ0v) is 12.6. The summed E-state index contributed by atoms with van der Waals surface area (Å²) in [7, 11) is 0. The number of carbonyl (C=O) groups excluding carboxylic acids is 1. The molecular formula is C17H20N2O2. The van der Waals surface area contributed by atoms with Gasteiger partial charge in [-0.1, -0.05) is 30.3 Å². The summed E-state index contributed by atoms with van der Waals surface area (Å²) in [6.07, 6.45) is 0. The van der Waals surface area contributed by atoms with E-state index >= 15 is 0 Å². The van der Waals surface area contributed by atoms with Crippen molar-refractivity contribution >= 4 is 11.7 Å². The predicted octanol–water partition coefficient (Wildman–Crippen LogP) is 3.77. The molecule has 0 aromatic heterocycles. The van der Waals surface area contributed by atoms with E-state index in [4.69, 9.17) is 4.74 Å². The van der Waals surface area contributed by atoms with Crippen molar-refractivity contribution in [3.63, 3.8) is 0 Å². The molecule has 4 heteroatoms. The van der Waals surface area contributed by atoms with Crippen molar-refractivity contribution in [2.24, 2.45) is 0 Å². The van der Waals surface area contributed by atoms with Crippen molar-refractivity contribution in [1.29, 1.82) is 0 Å². The summed E-state index contributed by atoms with van der Waals surface area (Å²) in [5.74, 6) is 0.829. The van der Waals surface area contributed by atoms with E-state index in [0.717, 1.165) is 22.6 Å². The fourth-order valence-electron chi connectivity index (χ4n) is 2.02. The van der Waals surface area contributed by atoms with E-state index in [2.05, 4.69) is 16.7 Å². The molecule has 0 aliphatic rings. The Hall–Kier alpha value is -2.49. The highest BCUT2D eigenvalue weighted by molar-refractivity contribution is 5.89. The summed E-state index contributed by atoms with van der Waals surface area (Å²) < 4.78 is 5.68. The van der Waals surface area contributed by atoms with Gasteiger partial charge in [0.25, 0.3) is 0 Å². The van der Waals surface area contributed by atoms with Gasteiger partial charge in [-0.05, 0) is 49.6 Å². The standard InChI is InChI=1S/C17H20N2O2/c1-12-9-10-13(2)16(14(12)3)21-11-18-17(20)19-15-7-5-4-6-8-15/h4-10H,11H2,1-3H3,(H2,18,19,20). The zero-order chi connectivity index (χ0) is 15.2. The summed E-state index contributed by atoms with van der Waals surface area (Å²) in [5, 5.41) is 5.42. The van der Waals surface area contributed by atoms with E-state index in [9.17, 15) is 4.79 Å². The smallest absolute Gasteiger partial charge is 0.321 e. The van der Waals surface area contributed by atoms with Crippen LogP contribution in [0.4, 0.5) is 10.5 Å². The number of rotatable bonds is 4. The second kappa shape index (κ2) is 6.79. The van der Waals surface area contributed by atoms with Crippen molar-refractivity contribution in [2.45, 2.75) is 20.8 Å². The van der Waals surface area contributed by atoms with Gasteiger partial charge in [0, 0.05) is 5.69 Å². The largest absolute Gasteiger partial charge is 0.473 e. The Balaban J connectivity index is 1.87. The van der Waals surface area contributed by atoms with Gasteiger partial charge in [-0.15, -0.1) is 0 Å². The van der Waals surface area contributed by atoms with Crippen LogP contribution in [0.2, 0.25) is 0 Å². The molecule has 0 heterocycles. The third kappa shape index (κ3) is 3.99.